The second-order valence-electron chi connectivity index (χ2n) is 1.32. The molecular weight excluding hydrogens is 355 g/mol. The van der Waals surface area contributed by atoms with Gasteiger partial charge in [-0.25, -0.2) is 6.07 Å². The van der Waals surface area contributed by atoms with E-state index in [-0.39, 0.29) is 98.1 Å². The Morgan fingerprint density at radius 1 is 1.50 bits per heavy atom. The third kappa shape index (κ3) is 7.19. The zero-order valence-corrected chi connectivity index (χ0v) is 14.4. The SMILES string of the molecule is CCc1c[c-]n[n-]1.[Y].[Y].[Y]. The van der Waals surface area contributed by atoms with Crippen LogP contribution in [0.3, 0.4) is 0 Å². The Bertz CT molecular complexity index is 129. The van der Waals surface area contributed by atoms with E-state index in [0.717, 1.165) is 12.1 Å². The van der Waals surface area contributed by atoms with Crippen molar-refractivity contribution in [2.75, 3.05) is 0 Å². The molecule has 1 aromatic rings. The van der Waals surface area contributed by atoms with Gasteiger partial charge in [0.25, 0.3) is 0 Å². The summed E-state index contributed by atoms with van der Waals surface area (Å²) in [6, 6.07) is 1.79. The van der Waals surface area contributed by atoms with E-state index in [1.54, 1.807) is 6.07 Å². The molecule has 10 heavy (non-hydrogen) atoms. The van der Waals surface area contributed by atoms with Crippen LogP contribution >= 0.6 is 0 Å². The average Bonchev–Trinajstić information content (AvgIpc) is 2.14. The van der Waals surface area contributed by atoms with Crippen molar-refractivity contribution in [1.82, 2.24) is 10.2 Å². The Balaban J connectivity index is -0.000000163. The first kappa shape index (κ1) is 18.3. The number of aryl methyl sites for hydroxylation is 1. The molecule has 0 aliphatic heterocycles. The Hall–Kier alpha value is 2.52. The first-order chi connectivity index (χ1) is 3.43. The van der Waals surface area contributed by atoms with Crippen LogP contribution in [0, 0.1) is 6.20 Å². The summed E-state index contributed by atoms with van der Waals surface area (Å²) in [6.07, 6.45) is 3.57. The Labute approximate surface area is 137 Å². The first-order valence-corrected chi connectivity index (χ1v) is 2.29. The molecule has 5 heteroatoms. The van der Waals surface area contributed by atoms with Gasteiger partial charge in [-0.2, -0.15) is 6.20 Å². The summed E-state index contributed by atoms with van der Waals surface area (Å²) in [5.41, 5.74) is 1.01. The normalized spacial score (nSPS) is 6.50. The molecular formula is C5H6N2Y3-2. The van der Waals surface area contributed by atoms with Crippen molar-refractivity contribution in [1.29, 1.82) is 0 Å². The Morgan fingerprint density at radius 2 is 2.10 bits per heavy atom. The fourth-order valence-corrected chi connectivity index (χ4v) is 0.398. The van der Waals surface area contributed by atoms with Crippen LogP contribution in [0.4, 0.5) is 0 Å². The van der Waals surface area contributed by atoms with Gasteiger partial charge in [0.15, 0.2) is 0 Å². The van der Waals surface area contributed by atoms with Crippen molar-refractivity contribution < 1.29 is 98.1 Å². The Kier molecular flexibility index (Phi) is 21.1. The number of hydrogen-bond acceptors (Lipinski definition) is 1. The molecule has 0 fully saturated rings. The van der Waals surface area contributed by atoms with Crippen LogP contribution in [0.2, 0.25) is 0 Å². The van der Waals surface area contributed by atoms with Gasteiger partial charge < -0.3 is 15.9 Å². The van der Waals surface area contributed by atoms with E-state index >= 15 is 0 Å². The van der Waals surface area contributed by atoms with Crippen LogP contribution in [0.1, 0.15) is 12.6 Å². The summed E-state index contributed by atoms with van der Waals surface area (Å²) < 4.78 is 0. The molecule has 0 aliphatic carbocycles. The minimum absolute atomic E-state index is 0. The molecule has 0 N–H and O–H groups in total. The molecule has 47 valence electrons. The van der Waals surface area contributed by atoms with Gasteiger partial charge in [-0.05, 0) is 0 Å². The van der Waals surface area contributed by atoms with Gasteiger partial charge in [0.2, 0.25) is 0 Å². The van der Waals surface area contributed by atoms with Crippen molar-refractivity contribution >= 4 is 0 Å². The number of hydrogen-bond donors (Lipinski definition) is 0. The molecule has 0 saturated carbocycles. The minimum atomic E-state index is 0. The molecule has 0 aliphatic rings. The van der Waals surface area contributed by atoms with Crippen molar-refractivity contribution in [3.63, 3.8) is 0 Å². The predicted octanol–water partition coefficient (Wildman–Crippen LogP) is 0.394. The van der Waals surface area contributed by atoms with Gasteiger partial charge in [0.1, 0.15) is 0 Å². The molecule has 0 aromatic carbocycles. The molecule has 3 radical (unpaired) electrons. The fraction of sp³-hybridized carbons (Fsp3) is 0.400. The fourth-order valence-electron chi connectivity index (χ4n) is 0.398. The molecule has 2 nitrogen and oxygen atoms in total. The van der Waals surface area contributed by atoms with E-state index in [9.17, 15) is 0 Å². The van der Waals surface area contributed by atoms with E-state index in [2.05, 4.69) is 16.4 Å². The standard InChI is InChI=1S/C5H6N2.3Y/c1-2-5-3-4-6-7-5;;;/h3H,2H2,1H3;;;/q-2;;;. The summed E-state index contributed by atoms with van der Waals surface area (Å²) in [6.45, 7) is 2.04. The third-order valence-electron chi connectivity index (χ3n) is 0.830. The van der Waals surface area contributed by atoms with Gasteiger partial charge in [-0.1, -0.05) is 6.92 Å². The van der Waals surface area contributed by atoms with Crippen LogP contribution in [-0.2, 0) is 105 Å². The van der Waals surface area contributed by atoms with Crippen molar-refractivity contribution in [2.45, 2.75) is 13.3 Å². The van der Waals surface area contributed by atoms with Crippen molar-refractivity contribution in [3.8, 4) is 0 Å². The van der Waals surface area contributed by atoms with E-state index in [4.69, 9.17) is 0 Å². The number of rotatable bonds is 1. The second-order valence-corrected chi connectivity index (χ2v) is 1.32. The average molecular weight is 361 g/mol. The minimum Gasteiger partial charge on any atom is -0.684 e. The molecule has 0 unspecified atom stereocenters. The van der Waals surface area contributed by atoms with Crippen LogP contribution in [0.5, 0.6) is 0 Å². The molecule has 1 aromatic heterocycles. The molecule has 0 bridgehead atoms. The van der Waals surface area contributed by atoms with E-state index in [1.807, 2.05) is 6.92 Å². The summed E-state index contributed by atoms with van der Waals surface area (Å²) in [5, 5.41) is 7.25. The van der Waals surface area contributed by atoms with Gasteiger partial charge in [-0.15, -0.1) is 6.42 Å². The van der Waals surface area contributed by atoms with Gasteiger partial charge in [0, 0.05) is 98.1 Å². The Morgan fingerprint density at radius 3 is 2.30 bits per heavy atom. The van der Waals surface area contributed by atoms with Gasteiger partial charge in [0.05, 0.1) is 0 Å². The maximum atomic E-state index is 3.73. The maximum Gasteiger partial charge on any atom is 0 e. The van der Waals surface area contributed by atoms with Crippen molar-refractivity contribution in [2.24, 2.45) is 0 Å². The summed E-state index contributed by atoms with van der Waals surface area (Å²) in [7, 11) is 0. The van der Waals surface area contributed by atoms with Crippen LogP contribution in [0.25, 0.3) is 0 Å². The zero-order chi connectivity index (χ0) is 5.11. The van der Waals surface area contributed by atoms with Gasteiger partial charge >= 0.3 is 0 Å². The van der Waals surface area contributed by atoms with Crippen LogP contribution in [0.15, 0.2) is 6.07 Å². The predicted molar refractivity (Wildman–Crippen MR) is 25.8 cm³/mol. The largest absolute Gasteiger partial charge is 0.684 e. The summed E-state index contributed by atoms with van der Waals surface area (Å²) in [4.78, 5) is 0. The van der Waals surface area contributed by atoms with Gasteiger partial charge in [-0.3, -0.25) is 0 Å². The molecule has 1 heterocycles. The third-order valence-corrected chi connectivity index (χ3v) is 0.830. The topological polar surface area (TPSA) is 27.0 Å². The zero-order valence-electron chi connectivity index (χ0n) is 5.91. The monoisotopic (exact) mass is 361 g/mol. The first-order valence-electron chi connectivity index (χ1n) is 2.29. The maximum absolute atomic E-state index is 3.73. The molecule has 0 spiro atoms. The van der Waals surface area contributed by atoms with E-state index in [0.29, 0.717) is 0 Å². The molecule has 0 saturated heterocycles. The van der Waals surface area contributed by atoms with Crippen LogP contribution < -0.4 is 5.10 Å². The smallest absolute Gasteiger partial charge is 0 e. The van der Waals surface area contributed by atoms with E-state index in [1.165, 1.54) is 0 Å². The molecule has 1 rings (SSSR count). The van der Waals surface area contributed by atoms with E-state index < -0.39 is 0 Å². The van der Waals surface area contributed by atoms with Crippen molar-refractivity contribution in [3.05, 3.63) is 18.0 Å². The van der Waals surface area contributed by atoms with Crippen LogP contribution in [-0.4, -0.2) is 5.10 Å². The molecule has 0 atom stereocenters. The molecule has 0 amide bonds. The number of nitrogens with zero attached hydrogens (tertiary/aromatic N) is 2. The summed E-state index contributed by atoms with van der Waals surface area (Å²) in [5.74, 6) is 0. The summed E-state index contributed by atoms with van der Waals surface area (Å²) >= 11 is 0. The quantitative estimate of drug-likeness (QED) is 0.678. The second kappa shape index (κ2) is 11.5. The number of aromatic nitrogens is 2.